The summed E-state index contributed by atoms with van der Waals surface area (Å²) in [5.41, 5.74) is 0. The molecule has 8 nitrogen and oxygen atoms in total. The molecule has 1 saturated heterocycles. The van der Waals surface area contributed by atoms with Gasteiger partial charge in [-0.3, -0.25) is 9.59 Å². The number of alkyl carbamates (subject to hydrolysis) is 1. The predicted molar refractivity (Wildman–Crippen MR) is 206 cm³/mol. The van der Waals surface area contributed by atoms with E-state index in [1.807, 2.05) is 7.05 Å². The summed E-state index contributed by atoms with van der Waals surface area (Å²) in [5, 5.41) is 2.83. The van der Waals surface area contributed by atoms with Crippen molar-refractivity contribution in [3.63, 3.8) is 0 Å². The molecule has 8 heteroatoms. The number of nitrogens with zero attached hydrogens (tertiary/aromatic N) is 1. The Balaban J connectivity index is 2.16. The number of unbranched alkanes of at least 4 members (excludes halogenated alkanes) is 23. The van der Waals surface area contributed by atoms with Crippen LogP contribution in [-0.2, 0) is 23.8 Å². The molecule has 1 amide bonds. The number of amides is 1. The summed E-state index contributed by atoms with van der Waals surface area (Å²) in [5.74, 6) is -0.613. The van der Waals surface area contributed by atoms with Crippen molar-refractivity contribution < 1.29 is 28.6 Å². The Kier molecular flexibility index (Phi) is 31.3. The van der Waals surface area contributed by atoms with Gasteiger partial charge in [-0.15, -0.1) is 0 Å². The number of nitrogens with one attached hydrogen (secondary N) is 1. The average molecular weight is 707 g/mol. The zero-order valence-corrected chi connectivity index (χ0v) is 32.8. The highest BCUT2D eigenvalue weighted by molar-refractivity contribution is 5.70. The van der Waals surface area contributed by atoms with Gasteiger partial charge >= 0.3 is 18.0 Å². The molecule has 50 heavy (non-hydrogen) atoms. The van der Waals surface area contributed by atoms with E-state index in [1.54, 1.807) is 0 Å². The number of carbonyl (C=O) groups excluding carboxylic acids is 3. The number of rotatable bonds is 35. The summed E-state index contributed by atoms with van der Waals surface area (Å²) in [7, 11) is 1.98. The van der Waals surface area contributed by atoms with Gasteiger partial charge in [0.25, 0.3) is 0 Å². The molecule has 1 aliphatic rings. The first-order chi connectivity index (χ1) is 24.4. The zero-order chi connectivity index (χ0) is 36.3. The van der Waals surface area contributed by atoms with Crippen molar-refractivity contribution in [2.24, 2.45) is 0 Å². The largest absolute Gasteiger partial charge is 0.462 e. The third-order valence-electron chi connectivity index (χ3n) is 9.65. The standard InChI is InChI=1S/C42H78N2O6/c1-4-6-8-10-12-14-16-18-19-21-23-25-27-29-31-33-41(46)49-37-39(50-42(47)43-38-34-44(3)35-38)36-48-40(45)32-30-28-26-24-22-20-17-15-13-11-9-7-5-2/h18-19,38-39H,4-17,20-37H2,1-3H3,(H,43,47)/b19-18-. The van der Waals surface area contributed by atoms with Gasteiger partial charge in [-0.05, 0) is 45.6 Å². The van der Waals surface area contributed by atoms with Crippen LogP contribution in [0.1, 0.15) is 194 Å². The van der Waals surface area contributed by atoms with Gasteiger partial charge in [-0.25, -0.2) is 4.79 Å². The Labute approximate surface area is 307 Å². The molecule has 1 rings (SSSR count). The Morgan fingerprint density at radius 2 is 0.940 bits per heavy atom. The lowest BCUT2D eigenvalue weighted by atomic mass is 10.0. The van der Waals surface area contributed by atoms with Gasteiger partial charge in [0.1, 0.15) is 13.2 Å². The SMILES string of the molecule is CCCCCCCC/C=C\CCCCCCCC(=O)OCC(COC(=O)CCCCCCCCCCCCCCC)OC(=O)NC1CN(C)C1. The number of hydrogen-bond donors (Lipinski definition) is 1. The van der Waals surface area contributed by atoms with Crippen molar-refractivity contribution in [2.45, 2.75) is 206 Å². The maximum atomic E-state index is 12.5. The van der Waals surface area contributed by atoms with E-state index in [2.05, 4.69) is 36.2 Å². The van der Waals surface area contributed by atoms with E-state index in [9.17, 15) is 14.4 Å². The van der Waals surface area contributed by atoms with Crippen molar-refractivity contribution in [2.75, 3.05) is 33.4 Å². The van der Waals surface area contributed by atoms with Crippen LogP contribution in [0.25, 0.3) is 0 Å². The van der Waals surface area contributed by atoms with Crippen molar-refractivity contribution in [3.05, 3.63) is 12.2 Å². The Morgan fingerprint density at radius 3 is 1.32 bits per heavy atom. The van der Waals surface area contributed by atoms with Crippen molar-refractivity contribution in [1.29, 1.82) is 0 Å². The van der Waals surface area contributed by atoms with Crippen molar-refractivity contribution in [1.82, 2.24) is 10.2 Å². The Bertz CT molecular complexity index is 844. The topological polar surface area (TPSA) is 94.2 Å². The second-order valence-electron chi connectivity index (χ2n) is 14.8. The quantitative estimate of drug-likeness (QED) is 0.0303. The van der Waals surface area contributed by atoms with E-state index in [0.717, 1.165) is 58.0 Å². The van der Waals surface area contributed by atoms with Crippen LogP contribution in [0.2, 0.25) is 0 Å². The molecule has 0 aliphatic carbocycles. The molecule has 1 aliphatic heterocycles. The van der Waals surface area contributed by atoms with Gasteiger partial charge in [-0.2, -0.15) is 0 Å². The van der Waals surface area contributed by atoms with Gasteiger partial charge in [0.15, 0.2) is 6.10 Å². The summed E-state index contributed by atoms with van der Waals surface area (Å²) >= 11 is 0. The number of hydrogen-bond acceptors (Lipinski definition) is 7. The first-order valence-electron chi connectivity index (χ1n) is 21.1. The third kappa shape index (κ3) is 29.6. The molecule has 1 N–H and O–H groups in total. The van der Waals surface area contributed by atoms with Gasteiger partial charge in [0.2, 0.25) is 0 Å². The molecule has 1 atom stereocenters. The molecule has 0 spiro atoms. The summed E-state index contributed by atoms with van der Waals surface area (Å²) in [6.45, 7) is 5.81. The van der Waals surface area contributed by atoms with E-state index < -0.39 is 12.2 Å². The number of ether oxygens (including phenoxy) is 3. The smallest absolute Gasteiger partial charge is 0.407 e. The van der Waals surface area contributed by atoms with E-state index in [4.69, 9.17) is 14.2 Å². The molecule has 0 bridgehead atoms. The predicted octanol–water partition coefficient (Wildman–Crippen LogP) is 11.0. The number of carbonyl (C=O) groups is 3. The minimum absolute atomic E-state index is 0.0370. The lowest BCUT2D eigenvalue weighted by Crippen LogP contribution is -2.58. The lowest BCUT2D eigenvalue weighted by molar-refractivity contribution is -0.152. The number of likely N-dealkylation sites (N-methyl/N-ethyl adjacent to an activating group) is 1. The molecule has 0 saturated carbocycles. The summed E-state index contributed by atoms with van der Waals surface area (Å²) < 4.78 is 16.4. The van der Waals surface area contributed by atoms with E-state index in [0.29, 0.717) is 12.8 Å². The van der Waals surface area contributed by atoms with Gasteiger partial charge in [0, 0.05) is 25.9 Å². The highest BCUT2D eigenvalue weighted by Crippen LogP contribution is 2.14. The minimum Gasteiger partial charge on any atom is -0.462 e. The summed E-state index contributed by atoms with van der Waals surface area (Å²) in [6.07, 6.45) is 35.8. The van der Waals surface area contributed by atoms with Crippen molar-refractivity contribution >= 4 is 18.0 Å². The molecule has 0 radical (unpaired) electrons. The fourth-order valence-electron chi connectivity index (χ4n) is 6.40. The van der Waals surface area contributed by atoms with Crippen LogP contribution in [0.3, 0.4) is 0 Å². The van der Waals surface area contributed by atoms with E-state index in [1.165, 1.54) is 122 Å². The van der Waals surface area contributed by atoms with Crippen LogP contribution in [0, 0.1) is 0 Å². The fraction of sp³-hybridized carbons (Fsp3) is 0.881. The zero-order valence-electron chi connectivity index (χ0n) is 32.8. The van der Waals surface area contributed by atoms with E-state index >= 15 is 0 Å². The summed E-state index contributed by atoms with van der Waals surface area (Å²) in [6, 6.07) is 0.0370. The van der Waals surface area contributed by atoms with Gasteiger partial charge < -0.3 is 24.4 Å². The molecular formula is C42H78N2O6. The Hall–Kier alpha value is -2.09. The number of allylic oxidation sites excluding steroid dienone is 2. The highest BCUT2D eigenvalue weighted by atomic mass is 16.6. The molecule has 0 aromatic heterocycles. The second kappa shape index (κ2) is 34.0. The maximum Gasteiger partial charge on any atom is 0.407 e. The Morgan fingerprint density at radius 1 is 0.580 bits per heavy atom. The minimum atomic E-state index is -0.832. The maximum absolute atomic E-state index is 12.5. The van der Waals surface area contributed by atoms with Crippen LogP contribution in [-0.4, -0.2) is 68.4 Å². The van der Waals surface area contributed by atoms with Gasteiger partial charge in [-0.1, -0.05) is 154 Å². The van der Waals surface area contributed by atoms with Crippen LogP contribution in [0.5, 0.6) is 0 Å². The van der Waals surface area contributed by atoms with Gasteiger partial charge in [0.05, 0.1) is 6.04 Å². The van der Waals surface area contributed by atoms with Crippen LogP contribution in [0.4, 0.5) is 4.79 Å². The highest BCUT2D eigenvalue weighted by Gasteiger charge is 2.27. The molecule has 1 heterocycles. The van der Waals surface area contributed by atoms with E-state index in [-0.39, 0.29) is 31.2 Å². The average Bonchev–Trinajstić information content (AvgIpc) is 3.09. The monoisotopic (exact) mass is 707 g/mol. The van der Waals surface area contributed by atoms with Crippen LogP contribution < -0.4 is 5.32 Å². The molecule has 1 unspecified atom stereocenters. The number of likely N-dealkylation sites (tertiary alicyclic amines) is 1. The second-order valence-corrected chi connectivity index (χ2v) is 14.8. The normalized spacial score (nSPS) is 14.1. The molecule has 1 fully saturated rings. The first kappa shape index (κ1) is 45.9. The first-order valence-corrected chi connectivity index (χ1v) is 21.1. The molecular weight excluding hydrogens is 628 g/mol. The fourth-order valence-corrected chi connectivity index (χ4v) is 6.40. The molecule has 0 aromatic carbocycles. The summed E-state index contributed by atoms with van der Waals surface area (Å²) in [4.78, 5) is 39.4. The van der Waals surface area contributed by atoms with Crippen molar-refractivity contribution in [3.8, 4) is 0 Å². The third-order valence-corrected chi connectivity index (χ3v) is 9.65. The van der Waals surface area contributed by atoms with Crippen LogP contribution >= 0.6 is 0 Å². The lowest BCUT2D eigenvalue weighted by Gasteiger charge is -2.36. The van der Waals surface area contributed by atoms with Crippen LogP contribution in [0.15, 0.2) is 12.2 Å². The molecule has 292 valence electrons. The molecule has 0 aromatic rings. The number of esters is 2.